The number of hydrogen-bond donors (Lipinski definition) is 3. The fourth-order valence-corrected chi connectivity index (χ4v) is 1.73. The number of halogens is 3. The summed E-state index contributed by atoms with van der Waals surface area (Å²) in [5, 5.41) is 9.06. The van der Waals surface area contributed by atoms with Crippen LogP contribution in [0.15, 0.2) is 34.3 Å². The van der Waals surface area contributed by atoms with E-state index in [2.05, 4.69) is 9.98 Å². The first-order valence-electron chi connectivity index (χ1n) is 6.69. The SMILES string of the molecule is NC(N)=NCCCC(N=Cc1cccc(C(F)(F)F)c1)C(=O)O. The maximum Gasteiger partial charge on any atom is 0.416 e. The number of nitrogens with two attached hydrogens (primary N) is 2. The molecule has 1 aromatic carbocycles. The third-order valence-electron chi connectivity index (χ3n) is 2.83. The minimum absolute atomic E-state index is 0.0932. The van der Waals surface area contributed by atoms with Gasteiger partial charge in [-0.15, -0.1) is 0 Å². The average Bonchev–Trinajstić information content (AvgIpc) is 2.45. The molecule has 0 saturated heterocycles. The van der Waals surface area contributed by atoms with Gasteiger partial charge in [-0.25, -0.2) is 4.79 Å². The summed E-state index contributed by atoms with van der Waals surface area (Å²) in [5.74, 6) is -1.26. The molecule has 0 amide bonds. The molecular weight excluding hydrogens is 313 g/mol. The van der Waals surface area contributed by atoms with E-state index in [0.29, 0.717) is 6.42 Å². The van der Waals surface area contributed by atoms with Gasteiger partial charge >= 0.3 is 12.1 Å². The van der Waals surface area contributed by atoms with Crippen LogP contribution in [0.5, 0.6) is 0 Å². The summed E-state index contributed by atoms with van der Waals surface area (Å²) in [6, 6.07) is 3.41. The molecule has 5 N–H and O–H groups in total. The largest absolute Gasteiger partial charge is 0.480 e. The monoisotopic (exact) mass is 330 g/mol. The molecule has 0 aromatic heterocycles. The highest BCUT2D eigenvalue weighted by Crippen LogP contribution is 2.29. The van der Waals surface area contributed by atoms with Crippen LogP contribution < -0.4 is 11.5 Å². The first kappa shape index (κ1) is 18.5. The number of aliphatic imine (C=N–C) groups is 2. The van der Waals surface area contributed by atoms with Crippen molar-refractivity contribution in [2.24, 2.45) is 21.5 Å². The lowest BCUT2D eigenvalue weighted by Gasteiger charge is -2.08. The van der Waals surface area contributed by atoms with Gasteiger partial charge in [0.2, 0.25) is 0 Å². The highest BCUT2D eigenvalue weighted by Gasteiger charge is 2.30. The standard InChI is InChI=1S/C14H17F3N4O2/c15-14(16,17)10-4-1-3-9(7-10)8-21-11(12(22)23)5-2-6-20-13(18)19/h1,3-4,7-8,11H,2,5-6H2,(H,22,23)(H4,18,19,20). The number of hydrogen-bond acceptors (Lipinski definition) is 3. The second-order valence-electron chi connectivity index (χ2n) is 4.70. The maximum atomic E-state index is 12.6. The van der Waals surface area contributed by atoms with Crippen LogP contribution in [-0.4, -0.2) is 35.8 Å². The summed E-state index contributed by atoms with van der Waals surface area (Å²) in [7, 11) is 0. The quantitative estimate of drug-likeness (QED) is 0.400. The zero-order valence-electron chi connectivity index (χ0n) is 12.1. The minimum atomic E-state index is -4.46. The van der Waals surface area contributed by atoms with E-state index in [1.807, 2.05) is 0 Å². The van der Waals surface area contributed by atoms with Crippen LogP contribution in [-0.2, 0) is 11.0 Å². The van der Waals surface area contributed by atoms with Crippen molar-refractivity contribution < 1.29 is 23.1 Å². The van der Waals surface area contributed by atoms with E-state index in [9.17, 15) is 18.0 Å². The topological polar surface area (TPSA) is 114 Å². The van der Waals surface area contributed by atoms with Crippen molar-refractivity contribution >= 4 is 18.1 Å². The van der Waals surface area contributed by atoms with Crippen molar-refractivity contribution in [2.75, 3.05) is 6.54 Å². The molecule has 9 heteroatoms. The van der Waals surface area contributed by atoms with Gasteiger partial charge in [-0.2, -0.15) is 13.2 Å². The predicted molar refractivity (Wildman–Crippen MR) is 80.4 cm³/mol. The van der Waals surface area contributed by atoms with Crippen molar-refractivity contribution in [1.29, 1.82) is 0 Å². The Labute approximate surface area is 130 Å². The summed E-state index contributed by atoms with van der Waals surface area (Å²) in [6.07, 6.45) is -2.79. The molecule has 1 atom stereocenters. The summed E-state index contributed by atoms with van der Waals surface area (Å²) in [5.41, 5.74) is 9.64. The third kappa shape index (κ3) is 6.81. The lowest BCUT2D eigenvalue weighted by atomic mass is 10.1. The molecule has 0 aliphatic carbocycles. The Hall–Kier alpha value is -2.58. The molecule has 6 nitrogen and oxygen atoms in total. The maximum absolute atomic E-state index is 12.6. The van der Waals surface area contributed by atoms with E-state index >= 15 is 0 Å². The van der Waals surface area contributed by atoms with Gasteiger partial charge in [0.15, 0.2) is 5.96 Å². The Bertz CT molecular complexity index is 596. The fraction of sp³-hybridized carbons (Fsp3) is 0.357. The fourth-order valence-electron chi connectivity index (χ4n) is 1.73. The molecular formula is C14H17F3N4O2. The van der Waals surface area contributed by atoms with Crippen LogP contribution in [0.3, 0.4) is 0 Å². The van der Waals surface area contributed by atoms with Gasteiger partial charge in [0, 0.05) is 12.8 Å². The Kier molecular flexibility index (Phi) is 6.55. The zero-order valence-corrected chi connectivity index (χ0v) is 12.1. The van der Waals surface area contributed by atoms with Gasteiger partial charge in [-0.3, -0.25) is 9.98 Å². The number of carbonyl (C=O) groups is 1. The molecule has 0 aliphatic heterocycles. The Morgan fingerprint density at radius 2 is 2.04 bits per heavy atom. The molecule has 1 aromatic rings. The van der Waals surface area contributed by atoms with Crippen LogP contribution in [0, 0.1) is 0 Å². The number of aliphatic carboxylic acids is 1. The van der Waals surface area contributed by atoms with Crippen LogP contribution in [0.1, 0.15) is 24.0 Å². The minimum Gasteiger partial charge on any atom is -0.480 e. The first-order valence-corrected chi connectivity index (χ1v) is 6.69. The van der Waals surface area contributed by atoms with Crippen LogP contribution in [0.4, 0.5) is 13.2 Å². The second-order valence-corrected chi connectivity index (χ2v) is 4.70. The Morgan fingerprint density at radius 3 is 2.61 bits per heavy atom. The Morgan fingerprint density at radius 1 is 1.35 bits per heavy atom. The van der Waals surface area contributed by atoms with Gasteiger partial charge in [-0.1, -0.05) is 12.1 Å². The van der Waals surface area contributed by atoms with Crippen molar-refractivity contribution in [2.45, 2.75) is 25.1 Å². The van der Waals surface area contributed by atoms with Gasteiger partial charge < -0.3 is 16.6 Å². The average molecular weight is 330 g/mol. The highest BCUT2D eigenvalue weighted by atomic mass is 19.4. The van der Waals surface area contributed by atoms with E-state index in [1.54, 1.807) is 0 Å². The summed E-state index contributed by atoms with van der Waals surface area (Å²) >= 11 is 0. The lowest BCUT2D eigenvalue weighted by Crippen LogP contribution is -2.23. The van der Waals surface area contributed by atoms with Gasteiger partial charge in [0.1, 0.15) is 6.04 Å². The molecule has 0 fully saturated rings. The van der Waals surface area contributed by atoms with Crippen molar-refractivity contribution in [3.05, 3.63) is 35.4 Å². The molecule has 0 radical (unpaired) electrons. The van der Waals surface area contributed by atoms with Crippen LogP contribution in [0.2, 0.25) is 0 Å². The number of rotatable bonds is 7. The van der Waals surface area contributed by atoms with E-state index < -0.39 is 23.8 Å². The van der Waals surface area contributed by atoms with Crippen molar-refractivity contribution in [1.82, 2.24) is 0 Å². The number of benzene rings is 1. The molecule has 0 saturated carbocycles. The number of alkyl halides is 3. The van der Waals surface area contributed by atoms with Crippen LogP contribution >= 0.6 is 0 Å². The molecule has 126 valence electrons. The molecule has 0 bridgehead atoms. The molecule has 0 heterocycles. The molecule has 23 heavy (non-hydrogen) atoms. The van der Waals surface area contributed by atoms with E-state index in [-0.39, 0.29) is 24.5 Å². The van der Waals surface area contributed by atoms with E-state index in [0.717, 1.165) is 18.3 Å². The van der Waals surface area contributed by atoms with Crippen molar-refractivity contribution in [3.8, 4) is 0 Å². The smallest absolute Gasteiger partial charge is 0.416 e. The Balaban J connectivity index is 2.74. The number of carboxylic acids is 1. The van der Waals surface area contributed by atoms with Gasteiger partial charge in [0.25, 0.3) is 0 Å². The van der Waals surface area contributed by atoms with Gasteiger partial charge in [-0.05, 0) is 30.5 Å². The second kappa shape index (κ2) is 8.16. The van der Waals surface area contributed by atoms with E-state index in [1.165, 1.54) is 12.1 Å². The normalized spacial score (nSPS) is 13.0. The number of guanidine groups is 1. The predicted octanol–water partition coefficient (Wildman–Crippen LogP) is 1.63. The van der Waals surface area contributed by atoms with Crippen LogP contribution in [0.25, 0.3) is 0 Å². The van der Waals surface area contributed by atoms with E-state index in [4.69, 9.17) is 16.6 Å². The molecule has 1 unspecified atom stereocenters. The van der Waals surface area contributed by atoms with Crippen molar-refractivity contribution in [3.63, 3.8) is 0 Å². The third-order valence-corrected chi connectivity index (χ3v) is 2.83. The number of nitrogens with zero attached hydrogens (tertiary/aromatic N) is 2. The van der Waals surface area contributed by atoms with Gasteiger partial charge in [0.05, 0.1) is 5.56 Å². The first-order chi connectivity index (χ1) is 10.7. The summed E-state index contributed by atoms with van der Waals surface area (Å²) in [6.45, 7) is 0.255. The summed E-state index contributed by atoms with van der Waals surface area (Å²) < 4.78 is 37.8. The molecule has 0 spiro atoms. The molecule has 1 rings (SSSR count). The lowest BCUT2D eigenvalue weighted by molar-refractivity contribution is -0.139. The number of carboxylic acid groups (broad SMARTS) is 1. The zero-order chi connectivity index (χ0) is 17.5. The highest BCUT2D eigenvalue weighted by molar-refractivity contribution is 5.83. The molecule has 0 aliphatic rings. The summed E-state index contributed by atoms with van der Waals surface area (Å²) in [4.78, 5) is 18.6.